The molecule has 0 saturated carbocycles. The van der Waals surface area contributed by atoms with E-state index in [9.17, 15) is 9.00 Å². The van der Waals surface area contributed by atoms with Crippen molar-refractivity contribution in [3.63, 3.8) is 0 Å². The van der Waals surface area contributed by atoms with Gasteiger partial charge in [-0.25, -0.2) is 4.98 Å². The number of benzene rings is 2. The van der Waals surface area contributed by atoms with Crippen LogP contribution in [0.2, 0.25) is 10.0 Å². The van der Waals surface area contributed by atoms with Crippen molar-refractivity contribution in [2.75, 3.05) is 36.4 Å². The van der Waals surface area contributed by atoms with Crippen molar-refractivity contribution in [3.05, 3.63) is 63.0 Å². The molecule has 0 amide bonds. The van der Waals surface area contributed by atoms with E-state index in [-0.39, 0.29) is 32.1 Å². The molecule has 0 aliphatic carbocycles. The lowest BCUT2D eigenvalue weighted by Crippen LogP contribution is -2.33. The van der Waals surface area contributed by atoms with Crippen LogP contribution in [-0.4, -0.2) is 45.3 Å². The molecule has 0 bridgehead atoms. The van der Waals surface area contributed by atoms with Gasteiger partial charge in [-0.1, -0.05) is 47.0 Å². The minimum absolute atomic E-state index is 0.110. The van der Waals surface area contributed by atoms with E-state index in [1.54, 1.807) is 18.2 Å². The number of nitrogens with two attached hydrogens (primary N) is 1. The summed E-state index contributed by atoms with van der Waals surface area (Å²) in [6, 6.07) is 12.3. The molecule has 3 aromatic rings. The molecule has 10 heteroatoms. The highest BCUT2D eigenvalue weighted by molar-refractivity contribution is 7.85. The van der Waals surface area contributed by atoms with Crippen molar-refractivity contribution in [2.45, 2.75) is 24.2 Å². The van der Waals surface area contributed by atoms with Gasteiger partial charge in [-0.2, -0.15) is 0 Å². The summed E-state index contributed by atoms with van der Waals surface area (Å²) in [5, 5.41) is 4.15. The van der Waals surface area contributed by atoms with E-state index in [0.29, 0.717) is 10.9 Å². The predicted octanol–water partition coefficient (Wildman–Crippen LogP) is 5.60. The molecule has 1 saturated heterocycles. The number of rotatable bonds is 8. The van der Waals surface area contributed by atoms with Gasteiger partial charge in [-0.3, -0.25) is 9.00 Å². The molecule has 6 nitrogen and oxygen atoms in total. The molecule has 1 aliphatic heterocycles. The van der Waals surface area contributed by atoms with Gasteiger partial charge in [0.1, 0.15) is 10.7 Å². The van der Waals surface area contributed by atoms with Gasteiger partial charge in [0.25, 0.3) is 0 Å². The number of piperidine rings is 1. The zero-order valence-corrected chi connectivity index (χ0v) is 21.0. The molecule has 1 unspecified atom stereocenters. The lowest BCUT2D eigenvalue weighted by atomic mass is 10.1. The van der Waals surface area contributed by atoms with Crippen molar-refractivity contribution in [3.8, 4) is 0 Å². The third kappa shape index (κ3) is 5.94. The first kappa shape index (κ1) is 24.2. The Kier molecular flexibility index (Phi) is 8.03. The highest BCUT2D eigenvalue weighted by atomic mass is 35.5. The highest BCUT2D eigenvalue weighted by Crippen LogP contribution is 2.34. The van der Waals surface area contributed by atoms with Crippen LogP contribution in [0.3, 0.4) is 0 Å². The van der Waals surface area contributed by atoms with E-state index in [1.165, 1.54) is 19.3 Å². The first-order chi connectivity index (χ1) is 15.9. The summed E-state index contributed by atoms with van der Waals surface area (Å²) in [7, 11) is -1.04. The van der Waals surface area contributed by atoms with Crippen molar-refractivity contribution in [1.29, 1.82) is 0 Å². The van der Waals surface area contributed by atoms with Gasteiger partial charge in [-0.05, 0) is 62.3 Å². The summed E-state index contributed by atoms with van der Waals surface area (Å²) in [4.78, 5) is 20.6. The second-order valence-electron chi connectivity index (χ2n) is 7.76. The van der Waals surface area contributed by atoms with Gasteiger partial charge in [-0.15, -0.1) is 0 Å². The third-order valence-electron chi connectivity index (χ3n) is 5.46. The summed E-state index contributed by atoms with van der Waals surface area (Å²) in [6.07, 6.45) is 3.75. The number of nitrogens with one attached hydrogen (secondary N) is 1. The molecule has 1 aromatic heterocycles. The number of carbonyl (C=O) groups is 1. The first-order valence-corrected chi connectivity index (χ1v) is 13.5. The minimum atomic E-state index is -1.04. The molecule has 174 valence electrons. The molecule has 2 aromatic carbocycles. The second kappa shape index (κ2) is 11.0. The van der Waals surface area contributed by atoms with Gasteiger partial charge >= 0.3 is 0 Å². The van der Waals surface area contributed by atoms with E-state index < -0.39 is 10.8 Å². The van der Waals surface area contributed by atoms with E-state index in [4.69, 9.17) is 28.9 Å². The third-order valence-corrected chi connectivity index (χ3v) is 8.43. The second-order valence-corrected chi connectivity index (χ2v) is 11.1. The monoisotopic (exact) mass is 522 g/mol. The fourth-order valence-electron chi connectivity index (χ4n) is 3.70. The highest BCUT2D eigenvalue weighted by Gasteiger charge is 2.22. The molecule has 33 heavy (non-hydrogen) atoms. The fraction of sp³-hybridized carbons (Fsp3) is 0.304. The number of hydrogen-bond acceptors (Lipinski definition) is 7. The molecule has 1 atom stereocenters. The van der Waals surface area contributed by atoms with Crippen LogP contribution in [0.15, 0.2) is 47.4 Å². The lowest BCUT2D eigenvalue weighted by Gasteiger charge is -2.25. The molecule has 4 rings (SSSR count). The van der Waals surface area contributed by atoms with Crippen molar-refractivity contribution >= 4 is 67.8 Å². The summed E-state index contributed by atoms with van der Waals surface area (Å²) in [5.74, 6) is 0.373. The van der Waals surface area contributed by atoms with E-state index in [0.717, 1.165) is 41.6 Å². The minimum Gasteiger partial charge on any atom is -0.382 e. The first-order valence-electron chi connectivity index (χ1n) is 10.6. The van der Waals surface area contributed by atoms with Crippen molar-refractivity contribution in [1.82, 2.24) is 9.88 Å². The summed E-state index contributed by atoms with van der Waals surface area (Å²) < 4.78 is 12.6. The zero-order chi connectivity index (χ0) is 23.4. The molecular formula is C23H24Cl2N4O2S2. The molecular weight excluding hydrogens is 499 g/mol. The number of ketones is 1. The van der Waals surface area contributed by atoms with Crippen LogP contribution in [-0.2, 0) is 10.8 Å². The van der Waals surface area contributed by atoms with E-state index in [1.807, 2.05) is 24.3 Å². The number of hydrogen-bond donors (Lipinski definition) is 2. The Morgan fingerprint density at radius 2 is 1.76 bits per heavy atom. The van der Waals surface area contributed by atoms with Crippen LogP contribution >= 0.6 is 34.5 Å². The Hall–Kier alpha value is -1.97. The number of thiazole rings is 1. The average molecular weight is 524 g/mol. The summed E-state index contributed by atoms with van der Waals surface area (Å²) in [5.41, 5.74) is 6.97. The quantitative estimate of drug-likeness (QED) is 0.374. The molecule has 0 spiro atoms. The van der Waals surface area contributed by atoms with Crippen LogP contribution in [0, 0.1) is 0 Å². The fourth-order valence-corrected chi connectivity index (χ4v) is 6.22. The number of likely N-dealkylation sites (tertiary alicyclic amines) is 1. The predicted molar refractivity (Wildman–Crippen MR) is 138 cm³/mol. The van der Waals surface area contributed by atoms with E-state index in [2.05, 4.69) is 15.2 Å². The van der Waals surface area contributed by atoms with Gasteiger partial charge in [0.15, 0.2) is 5.13 Å². The average Bonchev–Trinajstić information content (AvgIpc) is 3.18. The maximum absolute atomic E-state index is 12.9. The zero-order valence-electron chi connectivity index (χ0n) is 17.9. The molecule has 3 N–H and O–H groups in total. The normalized spacial score (nSPS) is 15.3. The molecule has 2 heterocycles. The Balaban J connectivity index is 1.40. The van der Waals surface area contributed by atoms with Crippen LogP contribution in [0.5, 0.6) is 0 Å². The standard InChI is InChI=1S/C23H24Cl2N4O2S2/c24-17-5-4-6-18(25)19(17)20(30)21-22(26)28-23(32-21)27-15-7-9-16(10-8-15)33(31)14-13-29-11-2-1-3-12-29/h4-10H,1-3,11-14,26H2,(H,27,28). The van der Waals surface area contributed by atoms with Crippen LogP contribution < -0.4 is 11.1 Å². The summed E-state index contributed by atoms with van der Waals surface area (Å²) >= 11 is 13.5. The Morgan fingerprint density at radius 3 is 2.42 bits per heavy atom. The largest absolute Gasteiger partial charge is 0.382 e. The number of nitrogen functional groups attached to an aromatic ring is 1. The van der Waals surface area contributed by atoms with Crippen molar-refractivity contribution in [2.24, 2.45) is 0 Å². The Labute approximate surface area is 209 Å². The number of anilines is 3. The van der Waals surface area contributed by atoms with Crippen LogP contribution in [0.25, 0.3) is 0 Å². The maximum Gasteiger partial charge on any atom is 0.209 e. The lowest BCUT2D eigenvalue weighted by molar-refractivity contribution is 0.104. The van der Waals surface area contributed by atoms with Crippen molar-refractivity contribution < 1.29 is 9.00 Å². The van der Waals surface area contributed by atoms with Gasteiger partial charge in [0.05, 0.1) is 26.4 Å². The van der Waals surface area contributed by atoms with Crippen LogP contribution in [0.1, 0.15) is 34.5 Å². The number of carbonyl (C=O) groups excluding carboxylic acids is 1. The molecule has 1 aliphatic rings. The number of aromatic nitrogens is 1. The number of halogens is 2. The summed E-state index contributed by atoms with van der Waals surface area (Å²) in [6.45, 7) is 3.06. The Bertz CT molecular complexity index is 1140. The Morgan fingerprint density at radius 1 is 1.09 bits per heavy atom. The topological polar surface area (TPSA) is 88.3 Å². The SMILES string of the molecule is Nc1nc(Nc2ccc(S(=O)CCN3CCCCC3)cc2)sc1C(=O)c1c(Cl)cccc1Cl. The van der Waals surface area contributed by atoms with Gasteiger partial charge < -0.3 is 16.0 Å². The van der Waals surface area contributed by atoms with E-state index >= 15 is 0 Å². The van der Waals surface area contributed by atoms with Crippen LogP contribution in [0.4, 0.5) is 16.6 Å². The molecule has 0 radical (unpaired) electrons. The van der Waals surface area contributed by atoms with Gasteiger partial charge in [0.2, 0.25) is 5.78 Å². The number of nitrogens with zero attached hydrogens (tertiary/aromatic N) is 2. The van der Waals surface area contributed by atoms with Gasteiger partial charge in [0, 0.05) is 22.9 Å². The smallest absolute Gasteiger partial charge is 0.209 e. The maximum atomic E-state index is 12.9. The molecule has 1 fully saturated rings.